The molecular weight excluding hydrogens is 420 g/mol. The molecule has 0 bridgehead atoms. The van der Waals surface area contributed by atoms with Crippen molar-refractivity contribution >= 4 is 46.1 Å². The second-order valence-electron chi connectivity index (χ2n) is 7.80. The standard InChI is InChI=1S/C21H24N4O3S2/c1-13-15(11-17-20(27)25(21(29)30-17)14-5-3-4-6-14)18(24-7-9-28-10-8-24)23(2)19(26)16(13)12-22/h11,14H,3-10H2,1-2H3. The van der Waals surface area contributed by atoms with Crippen molar-refractivity contribution in [2.45, 2.75) is 38.6 Å². The molecule has 1 amide bonds. The van der Waals surface area contributed by atoms with Gasteiger partial charge in [-0.3, -0.25) is 19.1 Å². The minimum atomic E-state index is -0.327. The fraction of sp³-hybridized carbons (Fsp3) is 0.524. The van der Waals surface area contributed by atoms with Crippen molar-refractivity contribution in [2.75, 3.05) is 31.2 Å². The fourth-order valence-corrected chi connectivity index (χ4v) is 5.84. The maximum Gasteiger partial charge on any atom is 0.270 e. The monoisotopic (exact) mass is 444 g/mol. The molecule has 2 saturated heterocycles. The Morgan fingerprint density at radius 3 is 2.53 bits per heavy atom. The third-order valence-electron chi connectivity index (χ3n) is 6.07. The van der Waals surface area contributed by atoms with Crippen LogP contribution in [0.2, 0.25) is 0 Å². The number of aromatic nitrogens is 1. The lowest BCUT2D eigenvalue weighted by Gasteiger charge is -2.32. The zero-order chi connectivity index (χ0) is 21.4. The molecule has 7 nitrogen and oxygen atoms in total. The van der Waals surface area contributed by atoms with Gasteiger partial charge in [-0.15, -0.1) is 0 Å². The van der Waals surface area contributed by atoms with E-state index in [0.717, 1.165) is 31.2 Å². The van der Waals surface area contributed by atoms with Crippen molar-refractivity contribution in [1.29, 1.82) is 5.26 Å². The lowest BCUT2D eigenvalue weighted by molar-refractivity contribution is -0.123. The minimum absolute atomic E-state index is 0.0726. The van der Waals surface area contributed by atoms with Gasteiger partial charge >= 0.3 is 0 Å². The van der Waals surface area contributed by atoms with E-state index in [1.54, 1.807) is 18.9 Å². The summed E-state index contributed by atoms with van der Waals surface area (Å²) < 4.78 is 7.57. The molecule has 0 N–H and O–H groups in total. The number of nitriles is 1. The lowest BCUT2D eigenvalue weighted by atomic mass is 10.0. The van der Waals surface area contributed by atoms with E-state index in [4.69, 9.17) is 17.0 Å². The van der Waals surface area contributed by atoms with Crippen LogP contribution < -0.4 is 10.5 Å². The molecule has 3 aliphatic rings. The van der Waals surface area contributed by atoms with E-state index in [2.05, 4.69) is 4.90 Å². The number of morpholine rings is 1. The normalized spacial score (nSPS) is 21.7. The number of carbonyl (C=O) groups is 1. The molecule has 1 aliphatic carbocycles. The molecule has 30 heavy (non-hydrogen) atoms. The first-order valence-corrected chi connectivity index (χ1v) is 11.4. The molecule has 3 heterocycles. The van der Waals surface area contributed by atoms with Crippen molar-refractivity contribution in [3.05, 3.63) is 31.9 Å². The number of rotatable bonds is 3. The molecule has 1 aromatic rings. The van der Waals surface area contributed by atoms with Crippen LogP contribution in [0.1, 0.15) is 42.4 Å². The predicted molar refractivity (Wildman–Crippen MR) is 121 cm³/mol. The van der Waals surface area contributed by atoms with Crippen molar-refractivity contribution in [3.63, 3.8) is 0 Å². The van der Waals surface area contributed by atoms with Crippen LogP contribution in [0.15, 0.2) is 9.70 Å². The summed E-state index contributed by atoms with van der Waals surface area (Å²) in [7, 11) is 1.68. The number of thioether (sulfide) groups is 1. The Hall–Kier alpha value is -2.15. The molecule has 9 heteroatoms. The van der Waals surface area contributed by atoms with Gasteiger partial charge in [-0.1, -0.05) is 36.8 Å². The van der Waals surface area contributed by atoms with Crippen LogP contribution in [0, 0.1) is 18.3 Å². The average Bonchev–Trinajstić information content (AvgIpc) is 3.35. The van der Waals surface area contributed by atoms with E-state index in [1.165, 1.54) is 16.3 Å². The Balaban J connectivity index is 1.82. The molecule has 4 rings (SSSR count). The lowest BCUT2D eigenvalue weighted by Crippen LogP contribution is -2.40. The van der Waals surface area contributed by atoms with Gasteiger partial charge in [0.2, 0.25) is 0 Å². The van der Waals surface area contributed by atoms with E-state index in [9.17, 15) is 14.9 Å². The molecule has 0 atom stereocenters. The highest BCUT2D eigenvalue weighted by Crippen LogP contribution is 2.39. The van der Waals surface area contributed by atoms with E-state index in [0.29, 0.717) is 46.9 Å². The first-order chi connectivity index (χ1) is 14.4. The predicted octanol–water partition coefficient (Wildman–Crippen LogP) is 2.55. The first kappa shape index (κ1) is 21.1. The van der Waals surface area contributed by atoms with Crippen LogP contribution in [0.3, 0.4) is 0 Å². The van der Waals surface area contributed by atoms with E-state index >= 15 is 0 Å². The van der Waals surface area contributed by atoms with Gasteiger partial charge in [0.05, 0.1) is 18.1 Å². The van der Waals surface area contributed by atoms with Gasteiger partial charge in [-0.25, -0.2) is 0 Å². The van der Waals surface area contributed by atoms with Crippen LogP contribution in [-0.2, 0) is 16.6 Å². The summed E-state index contributed by atoms with van der Waals surface area (Å²) in [5.41, 5.74) is 1.09. The van der Waals surface area contributed by atoms with Gasteiger partial charge in [-0.05, 0) is 31.4 Å². The molecule has 158 valence electrons. The molecule has 1 aromatic heterocycles. The first-order valence-electron chi connectivity index (χ1n) is 10.2. The summed E-state index contributed by atoms with van der Waals surface area (Å²) >= 11 is 6.83. The molecule has 0 spiro atoms. The Morgan fingerprint density at radius 2 is 1.90 bits per heavy atom. The number of amides is 1. The zero-order valence-corrected chi connectivity index (χ0v) is 18.8. The largest absolute Gasteiger partial charge is 0.378 e. The minimum Gasteiger partial charge on any atom is -0.378 e. The number of hydrogen-bond donors (Lipinski definition) is 0. The molecule has 3 fully saturated rings. The van der Waals surface area contributed by atoms with Crippen LogP contribution in [-0.4, -0.2) is 52.0 Å². The number of thiocarbonyl (C=S) groups is 1. The zero-order valence-electron chi connectivity index (χ0n) is 17.1. The topological polar surface area (TPSA) is 78.6 Å². The smallest absolute Gasteiger partial charge is 0.270 e. The van der Waals surface area contributed by atoms with Gasteiger partial charge in [-0.2, -0.15) is 5.26 Å². The van der Waals surface area contributed by atoms with Gasteiger partial charge in [0.25, 0.3) is 11.5 Å². The summed E-state index contributed by atoms with van der Waals surface area (Å²) in [6.45, 7) is 4.19. The molecule has 0 unspecified atom stereocenters. The Labute approximate surface area is 185 Å². The number of ether oxygens (including phenoxy) is 1. The summed E-state index contributed by atoms with van der Waals surface area (Å²) in [5.74, 6) is 0.641. The quantitative estimate of drug-likeness (QED) is 0.524. The van der Waals surface area contributed by atoms with Crippen LogP contribution >= 0.6 is 24.0 Å². The highest BCUT2D eigenvalue weighted by Gasteiger charge is 2.38. The molecule has 2 aliphatic heterocycles. The van der Waals surface area contributed by atoms with E-state index < -0.39 is 0 Å². The number of nitrogens with zero attached hydrogens (tertiary/aromatic N) is 4. The summed E-state index contributed by atoms with van der Waals surface area (Å²) in [4.78, 5) is 30.4. The van der Waals surface area contributed by atoms with Crippen molar-refractivity contribution in [2.24, 2.45) is 7.05 Å². The second-order valence-corrected chi connectivity index (χ2v) is 9.48. The second kappa shape index (κ2) is 8.53. The van der Waals surface area contributed by atoms with Gasteiger partial charge in [0.1, 0.15) is 21.8 Å². The summed E-state index contributed by atoms with van der Waals surface area (Å²) in [5, 5.41) is 9.57. The number of pyridine rings is 1. The van der Waals surface area contributed by atoms with Crippen molar-refractivity contribution in [3.8, 4) is 6.07 Å². The Morgan fingerprint density at radius 1 is 1.23 bits per heavy atom. The molecular formula is C21H24N4O3S2. The maximum absolute atomic E-state index is 13.2. The summed E-state index contributed by atoms with van der Waals surface area (Å²) in [6.07, 6.45) is 6.02. The Kier molecular flexibility index (Phi) is 6.00. The van der Waals surface area contributed by atoms with E-state index in [1.807, 2.05) is 12.1 Å². The van der Waals surface area contributed by atoms with Crippen molar-refractivity contribution < 1.29 is 9.53 Å². The molecule has 1 saturated carbocycles. The number of hydrogen-bond acceptors (Lipinski definition) is 7. The van der Waals surface area contributed by atoms with Crippen LogP contribution in [0.4, 0.5) is 5.82 Å². The van der Waals surface area contributed by atoms with Crippen LogP contribution in [0.25, 0.3) is 6.08 Å². The van der Waals surface area contributed by atoms with Crippen molar-refractivity contribution in [1.82, 2.24) is 9.47 Å². The highest BCUT2D eigenvalue weighted by molar-refractivity contribution is 8.26. The SMILES string of the molecule is Cc1c(C=C2SC(=S)N(C3CCCC3)C2=O)c(N2CCOCC2)n(C)c(=O)c1C#N. The third kappa shape index (κ3) is 3.57. The fourth-order valence-electron chi connectivity index (χ4n) is 4.46. The molecule has 0 radical (unpaired) electrons. The maximum atomic E-state index is 13.2. The van der Waals surface area contributed by atoms with Gasteiger partial charge in [0, 0.05) is 31.7 Å². The molecule has 0 aromatic carbocycles. The van der Waals surface area contributed by atoms with Gasteiger partial charge < -0.3 is 9.64 Å². The van der Waals surface area contributed by atoms with E-state index in [-0.39, 0.29) is 23.1 Å². The number of carbonyl (C=O) groups excluding carboxylic acids is 1. The number of anilines is 1. The van der Waals surface area contributed by atoms with Gasteiger partial charge in [0.15, 0.2) is 0 Å². The van der Waals surface area contributed by atoms with Crippen LogP contribution in [0.5, 0.6) is 0 Å². The average molecular weight is 445 g/mol. The third-order valence-corrected chi connectivity index (χ3v) is 7.40. The summed E-state index contributed by atoms with van der Waals surface area (Å²) in [6, 6.07) is 2.22. The Bertz CT molecular complexity index is 1030. The highest BCUT2D eigenvalue weighted by atomic mass is 32.2.